The maximum Gasteiger partial charge on any atom is 0.102 e. The van der Waals surface area contributed by atoms with E-state index in [9.17, 15) is 0 Å². The van der Waals surface area contributed by atoms with Crippen molar-refractivity contribution >= 4 is 0 Å². The molecule has 1 aromatic heterocycles. The fourth-order valence-corrected chi connectivity index (χ4v) is 0.812. The van der Waals surface area contributed by atoms with Gasteiger partial charge in [0.2, 0.25) is 0 Å². The first-order chi connectivity index (χ1) is 5.76. The van der Waals surface area contributed by atoms with Gasteiger partial charge in [-0.25, -0.2) is 0 Å². The van der Waals surface area contributed by atoms with Crippen molar-refractivity contribution in [1.29, 1.82) is 5.26 Å². The third-order valence-electron chi connectivity index (χ3n) is 1.43. The van der Waals surface area contributed by atoms with Crippen LogP contribution < -0.4 is 5.73 Å². The third-order valence-corrected chi connectivity index (χ3v) is 1.43. The van der Waals surface area contributed by atoms with Gasteiger partial charge in [0.15, 0.2) is 0 Å². The third kappa shape index (κ3) is 2.05. The average Bonchev–Trinajstić information content (AvgIpc) is 2.52. The Morgan fingerprint density at radius 3 is 3.08 bits per heavy atom. The molecule has 0 aliphatic rings. The molecule has 1 unspecified atom stereocenters. The number of rotatable bonds is 3. The highest BCUT2D eigenvalue weighted by atomic mass is 16.3. The molecule has 0 fully saturated rings. The molecule has 12 heavy (non-hydrogen) atoms. The molecule has 1 aromatic rings. The minimum absolute atomic E-state index is 0.196. The number of nitrogens with two attached hydrogens (primary N) is 1. The van der Waals surface area contributed by atoms with Gasteiger partial charge in [-0.15, -0.1) is 0 Å². The van der Waals surface area contributed by atoms with Crippen LogP contribution in [0.3, 0.4) is 0 Å². The number of nitriles is 1. The number of hydrogen-bond acceptors (Lipinski definition) is 4. The van der Waals surface area contributed by atoms with Crippen LogP contribution in [0.25, 0.3) is 0 Å². The SMILES string of the molecule is N#Cc1cnn(CC(O)CN)c1. The smallest absolute Gasteiger partial charge is 0.102 e. The van der Waals surface area contributed by atoms with Gasteiger partial charge in [-0.1, -0.05) is 0 Å². The molecule has 0 spiro atoms. The molecule has 0 aliphatic heterocycles. The molecule has 0 saturated heterocycles. The molecule has 3 N–H and O–H groups in total. The van der Waals surface area contributed by atoms with E-state index in [1.54, 1.807) is 6.20 Å². The first kappa shape index (κ1) is 8.71. The summed E-state index contributed by atoms with van der Waals surface area (Å²) >= 11 is 0. The molecular formula is C7H10N4O. The van der Waals surface area contributed by atoms with E-state index in [1.807, 2.05) is 6.07 Å². The Kier molecular flexibility index (Phi) is 2.80. The van der Waals surface area contributed by atoms with Gasteiger partial charge in [-0.3, -0.25) is 4.68 Å². The zero-order valence-corrected chi connectivity index (χ0v) is 6.51. The van der Waals surface area contributed by atoms with Gasteiger partial charge in [0.1, 0.15) is 6.07 Å². The molecule has 0 aliphatic carbocycles. The lowest BCUT2D eigenvalue weighted by Crippen LogP contribution is -2.25. The Hall–Kier alpha value is -1.38. The predicted octanol–water partition coefficient (Wildman–Crippen LogP) is -0.926. The van der Waals surface area contributed by atoms with Crippen molar-refractivity contribution in [3.63, 3.8) is 0 Å². The predicted molar refractivity (Wildman–Crippen MR) is 42.0 cm³/mol. The molecule has 1 rings (SSSR count). The lowest BCUT2D eigenvalue weighted by molar-refractivity contribution is 0.157. The lowest BCUT2D eigenvalue weighted by atomic mass is 10.3. The van der Waals surface area contributed by atoms with E-state index in [4.69, 9.17) is 16.1 Å². The van der Waals surface area contributed by atoms with Crippen LogP contribution in [0.1, 0.15) is 5.56 Å². The summed E-state index contributed by atoms with van der Waals surface area (Å²) < 4.78 is 1.50. The first-order valence-electron chi connectivity index (χ1n) is 3.57. The molecule has 5 nitrogen and oxygen atoms in total. The highest BCUT2D eigenvalue weighted by Gasteiger charge is 2.03. The first-order valence-corrected chi connectivity index (χ1v) is 3.57. The molecule has 5 heteroatoms. The number of nitrogens with zero attached hydrogens (tertiary/aromatic N) is 3. The number of aliphatic hydroxyl groups is 1. The van der Waals surface area contributed by atoms with Crippen molar-refractivity contribution in [3.8, 4) is 6.07 Å². The summed E-state index contributed by atoms with van der Waals surface area (Å²) in [6, 6.07) is 1.94. The molecule has 64 valence electrons. The van der Waals surface area contributed by atoms with Gasteiger partial charge in [-0.2, -0.15) is 10.4 Å². The van der Waals surface area contributed by atoms with E-state index in [2.05, 4.69) is 5.10 Å². The minimum Gasteiger partial charge on any atom is -0.390 e. The van der Waals surface area contributed by atoms with Gasteiger partial charge >= 0.3 is 0 Å². The molecule has 1 heterocycles. The van der Waals surface area contributed by atoms with E-state index in [-0.39, 0.29) is 6.54 Å². The van der Waals surface area contributed by atoms with Crippen LogP contribution in [-0.4, -0.2) is 27.5 Å². The van der Waals surface area contributed by atoms with Crippen molar-refractivity contribution in [2.24, 2.45) is 5.73 Å². The van der Waals surface area contributed by atoms with Crippen LogP contribution >= 0.6 is 0 Å². The van der Waals surface area contributed by atoms with Gasteiger partial charge in [0, 0.05) is 12.7 Å². The topological polar surface area (TPSA) is 87.9 Å². The Morgan fingerprint density at radius 1 is 1.83 bits per heavy atom. The largest absolute Gasteiger partial charge is 0.390 e. The molecule has 0 bridgehead atoms. The van der Waals surface area contributed by atoms with Gasteiger partial charge in [0.05, 0.1) is 24.4 Å². The normalized spacial score (nSPS) is 12.4. The summed E-state index contributed by atoms with van der Waals surface area (Å²) in [7, 11) is 0. The van der Waals surface area contributed by atoms with E-state index in [0.717, 1.165) is 0 Å². The number of aromatic nitrogens is 2. The van der Waals surface area contributed by atoms with Crippen LogP contribution in [0.2, 0.25) is 0 Å². The second-order valence-corrected chi connectivity index (χ2v) is 2.45. The van der Waals surface area contributed by atoms with E-state index in [1.165, 1.54) is 10.9 Å². The van der Waals surface area contributed by atoms with E-state index in [0.29, 0.717) is 12.1 Å². The summed E-state index contributed by atoms with van der Waals surface area (Å²) in [6.45, 7) is 0.528. The summed E-state index contributed by atoms with van der Waals surface area (Å²) in [5, 5.41) is 21.4. The second kappa shape index (κ2) is 3.85. The maximum absolute atomic E-state index is 9.12. The maximum atomic E-state index is 9.12. The Labute approximate surface area is 70.0 Å². The zero-order valence-electron chi connectivity index (χ0n) is 6.51. The lowest BCUT2D eigenvalue weighted by Gasteiger charge is -2.06. The fraction of sp³-hybridized carbons (Fsp3) is 0.429. The van der Waals surface area contributed by atoms with Gasteiger partial charge in [0.25, 0.3) is 0 Å². The molecule has 0 radical (unpaired) electrons. The van der Waals surface area contributed by atoms with Crippen molar-refractivity contribution in [2.75, 3.05) is 6.54 Å². The van der Waals surface area contributed by atoms with Crippen LogP contribution in [0.4, 0.5) is 0 Å². The molecular weight excluding hydrogens is 156 g/mol. The Morgan fingerprint density at radius 2 is 2.58 bits per heavy atom. The van der Waals surface area contributed by atoms with Crippen molar-refractivity contribution in [3.05, 3.63) is 18.0 Å². The quantitative estimate of drug-likeness (QED) is 0.607. The highest BCUT2D eigenvalue weighted by molar-refractivity contribution is 5.21. The van der Waals surface area contributed by atoms with Gasteiger partial charge < -0.3 is 10.8 Å². The molecule has 0 saturated carbocycles. The number of aliphatic hydroxyl groups excluding tert-OH is 1. The van der Waals surface area contributed by atoms with Crippen LogP contribution in [-0.2, 0) is 6.54 Å². The van der Waals surface area contributed by atoms with Crippen molar-refractivity contribution < 1.29 is 5.11 Å². The summed E-state index contributed by atoms with van der Waals surface area (Å²) in [6.07, 6.45) is 2.42. The highest BCUT2D eigenvalue weighted by Crippen LogP contribution is 1.95. The van der Waals surface area contributed by atoms with E-state index >= 15 is 0 Å². The monoisotopic (exact) mass is 166 g/mol. The standard InChI is InChI=1S/C7H10N4O/c8-1-6-3-10-11(4-6)5-7(12)2-9/h3-4,7,12H,2,5,9H2. The Balaban J connectivity index is 2.59. The Bertz CT molecular complexity index is 288. The summed E-state index contributed by atoms with van der Waals surface area (Å²) in [5.74, 6) is 0. The molecule has 0 aromatic carbocycles. The second-order valence-electron chi connectivity index (χ2n) is 2.45. The fourth-order valence-electron chi connectivity index (χ4n) is 0.812. The number of hydrogen-bond donors (Lipinski definition) is 2. The molecule has 0 amide bonds. The van der Waals surface area contributed by atoms with Crippen LogP contribution in [0.15, 0.2) is 12.4 Å². The van der Waals surface area contributed by atoms with Crippen LogP contribution in [0, 0.1) is 11.3 Å². The van der Waals surface area contributed by atoms with Gasteiger partial charge in [-0.05, 0) is 0 Å². The van der Waals surface area contributed by atoms with Crippen molar-refractivity contribution in [2.45, 2.75) is 12.6 Å². The zero-order chi connectivity index (χ0) is 8.97. The average molecular weight is 166 g/mol. The van der Waals surface area contributed by atoms with Crippen molar-refractivity contribution in [1.82, 2.24) is 9.78 Å². The molecule has 1 atom stereocenters. The van der Waals surface area contributed by atoms with E-state index < -0.39 is 6.10 Å². The summed E-state index contributed by atoms with van der Waals surface area (Å²) in [4.78, 5) is 0. The van der Waals surface area contributed by atoms with Crippen LogP contribution in [0.5, 0.6) is 0 Å². The summed E-state index contributed by atoms with van der Waals surface area (Å²) in [5.41, 5.74) is 5.69. The minimum atomic E-state index is -0.601.